The fourth-order valence-electron chi connectivity index (χ4n) is 3.30. The van der Waals surface area contributed by atoms with Gasteiger partial charge < -0.3 is 4.90 Å². The maximum absolute atomic E-state index is 12.3. The monoisotopic (exact) mass is 321 g/mol. The van der Waals surface area contributed by atoms with Gasteiger partial charge in [0.25, 0.3) is 0 Å². The summed E-state index contributed by atoms with van der Waals surface area (Å²) in [5.41, 5.74) is 0. The average molecular weight is 321 g/mol. The summed E-state index contributed by atoms with van der Waals surface area (Å²) in [7, 11) is 0. The molecular weight excluding hydrogens is 298 g/mol. The SMILES string of the molecule is CCN1C(=O)C[C@@H](N2CCN(CCc3cccs3)CC2)C1=O. The molecule has 2 fully saturated rings. The minimum absolute atomic E-state index is 0.000430. The molecule has 1 aromatic rings. The molecule has 0 unspecified atom stereocenters. The van der Waals surface area contributed by atoms with E-state index in [0.717, 1.165) is 39.1 Å². The lowest BCUT2D eigenvalue weighted by atomic mass is 10.1. The molecule has 1 atom stereocenters. The molecule has 0 aliphatic carbocycles. The number of thiophene rings is 1. The highest BCUT2D eigenvalue weighted by Gasteiger charge is 2.41. The Hall–Kier alpha value is -1.24. The Morgan fingerprint density at radius 3 is 2.59 bits per heavy atom. The molecule has 2 amide bonds. The highest BCUT2D eigenvalue weighted by molar-refractivity contribution is 7.09. The van der Waals surface area contributed by atoms with Gasteiger partial charge in [0.15, 0.2) is 0 Å². The second kappa shape index (κ2) is 6.89. The van der Waals surface area contributed by atoms with Gasteiger partial charge in [0.05, 0.1) is 12.5 Å². The lowest BCUT2D eigenvalue weighted by Crippen LogP contribution is -2.52. The summed E-state index contributed by atoms with van der Waals surface area (Å²) < 4.78 is 0. The van der Waals surface area contributed by atoms with Crippen LogP contribution in [0.4, 0.5) is 0 Å². The molecule has 2 aliphatic heterocycles. The molecule has 120 valence electrons. The van der Waals surface area contributed by atoms with E-state index < -0.39 is 0 Å². The van der Waals surface area contributed by atoms with Crippen LogP contribution in [-0.4, -0.2) is 71.8 Å². The number of imide groups is 1. The number of hydrogen-bond donors (Lipinski definition) is 0. The predicted octanol–water partition coefficient (Wildman–Crippen LogP) is 1.06. The summed E-state index contributed by atoms with van der Waals surface area (Å²) in [6.07, 6.45) is 1.46. The van der Waals surface area contributed by atoms with Crippen LogP contribution in [0, 0.1) is 0 Å². The second-order valence-electron chi connectivity index (χ2n) is 5.90. The summed E-state index contributed by atoms with van der Waals surface area (Å²) in [5, 5.41) is 2.12. The third kappa shape index (κ3) is 3.24. The molecule has 2 aliphatic rings. The lowest BCUT2D eigenvalue weighted by molar-refractivity contribution is -0.139. The normalized spacial score (nSPS) is 24.4. The average Bonchev–Trinajstić information content (AvgIpc) is 3.14. The molecule has 0 radical (unpaired) electrons. The molecule has 6 heteroatoms. The zero-order valence-corrected chi connectivity index (χ0v) is 13.8. The van der Waals surface area contributed by atoms with Crippen molar-refractivity contribution in [3.05, 3.63) is 22.4 Å². The molecule has 1 aromatic heterocycles. The Balaban J connectivity index is 1.47. The van der Waals surface area contributed by atoms with Gasteiger partial charge in [-0.3, -0.25) is 19.4 Å². The first-order valence-electron chi connectivity index (χ1n) is 8.02. The molecule has 3 rings (SSSR count). The molecular formula is C16H23N3O2S. The van der Waals surface area contributed by atoms with E-state index in [9.17, 15) is 9.59 Å². The summed E-state index contributed by atoms with van der Waals surface area (Å²) in [4.78, 5) is 31.6. The van der Waals surface area contributed by atoms with Gasteiger partial charge in [-0.25, -0.2) is 0 Å². The van der Waals surface area contributed by atoms with Gasteiger partial charge in [0.1, 0.15) is 0 Å². The van der Waals surface area contributed by atoms with Crippen LogP contribution >= 0.6 is 11.3 Å². The van der Waals surface area contributed by atoms with Crippen LogP contribution in [0.2, 0.25) is 0 Å². The van der Waals surface area contributed by atoms with Crippen LogP contribution in [0.25, 0.3) is 0 Å². The van der Waals surface area contributed by atoms with Gasteiger partial charge in [-0.2, -0.15) is 0 Å². The Kier molecular flexibility index (Phi) is 4.90. The van der Waals surface area contributed by atoms with E-state index in [-0.39, 0.29) is 17.9 Å². The maximum Gasteiger partial charge on any atom is 0.247 e. The van der Waals surface area contributed by atoms with Gasteiger partial charge in [0.2, 0.25) is 11.8 Å². The molecule has 2 saturated heterocycles. The third-order valence-electron chi connectivity index (χ3n) is 4.64. The zero-order valence-electron chi connectivity index (χ0n) is 13.0. The molecule has 3 heterocycles. The van der Waals surface area contributed by atoms with Crippen LogP contribution in [0.5, 0.6) is 0 Å². The number of likely N-dealkylation sites (tertiary alicyclic amines) is 1. The van der Waals surface area contributed by atoms with E-state index in [0.29, 0.717) is 13.0 Å². The number of amides is 2. The highest BCUT2D eigenvalue weighted by atomic mass is 32.1. The van der Waals surface area contributed by atoms with Crippen molar-refractivity contribution in [2.45, 2.75) is 25.8 Å². The number of likely N-dealkylation sites (N-methyl/N-ethyl adjacent to an activating group) is 1. The van der Waals surface area contributed by atoms with Gasteiger partial charge in [-0.05, 0) is 24.8 Å². The van der Waals surface area contributed by atoms with Crippen molar-refractivity contribution in [3.8, 4) is 0 Å². The van der Waals surface area contributed by atoms with Gasteiger partial charge in [-0.15, -0.1) is 11.3 Å². The van der Waals surface area contributed by atoms with Crippen molar-refractivity contribution in [1.29, 1.82) is 0 Å². The smallest absolute Gasteiger partial charge is 0.247 e. The summed E-state index contributed by atoms with van der Waals surface area (Å²) in [5.74, 6) is -0.0165. The van der Waals surface area contributed by atoms with Crippen LogP contribution in [0.1, 0.15) is 18.2 Å². The summed E-state index contributed by atoms with van der Waals surface area (Å²) >= 11 is 1.81. The van der Waals surface area contributed by atoms with E-state index in [1.54, 1.807) is 0 Å². The van der Waals surface area contributed by atoms with E-state index in [1.165, 1.54) is 9.78 Å². The predicted molar refractivity (Wildman–Crippen MR) is 86.8 cm³/mol. The van der Waals surface area contributed by atoms with E-state index in [1.807, 2.05) is 18.3 Å². The second-order valence-corrected chi connectivity index (χ2v) is 6.94. The molecule has 5 nitrogen and oxygen atoms in total. The highest BCUT2D eigenvalue weighted by Crippen LogP contribution is 2.20. The lowest BCUT2D eigenvalue weighted by Gasteiger charge is -2.36. The fourth-order valence-corrected chi connectivity index (χ4v) is 4.00. The Morgan fingerprint density at radius 2 is 2.00 bits per heavy atom. The van der Waals surface area contributed by atoms with Crippen molar-refractivity contribution in [3.63, 3.8) is 0 Å². The molecule has 0 aromatic carbocycles. The maximum atomic E-state index is 12.3. The summed E-state index contributed by atoms with van der Waals surface area (Å²) in [6, 6.07) is 4.07. The number of piperazine rings is 1. The Morgan fingerprint density at radius 1 is 1.23 bits per heavy atom. The quantitative estimate of drug-likeness (QED) is 0.761. The van der Waals surface area contributed by atoms with Crippen LogP contribution in [0.15, 0.2) is 17.5 Å². The van der Waals surface area contributed by atoms with Gasteiger partial charge >= 0.3 is 0 Å². The number of carbonyl (C=O) groups is 2. The van der Waals surface area contributed by atoms with Crippen molar-refractivity contribution in [2.24, 2.45) is 0 Å². The molecule has 0 N–H and O–H groups in total. The van der Waals surface area contributed by atoms with Crippen molar-refractivity contribution < 1.29 is 9.59 Å². The molecule has 22 heavy (non-hydrogen) atoms. The first-order valence-corrected chi connectivity index (χ1v) is 8.90. The number of nitrogens with zero attached hydrogens (tertiary/aromatic N) is 3. The van der Waals surface area contributed by atoms with Crippen LogP contribution in [-0.2, 0) is 16.0 Å². The van der Waals surface area contributed by atoms with E-state index >= 15 is 0 Å². The van der Waals surface area contributed by atoms with Gasteiger partial charge in [0, 0.05) is 44.1 Å². The third-order valence-corrected chi connectivity index (χ3v) is 5.57. The number of carbonyl (C=O) groups excluding carboxylic acids is 2. The van der Waals surface area contributed by atoms with Crippen molar-refractivity contribution >= 4 is 23.2 Å². The topological polar surface area (TPSA) is 43.9 Å². The fraction of sp³-hybridized carbons (Fsp3) is 0.625. The standard InChI is InChI=1S/C16H23N3O2S/c1-2-19-15(20)12-14(16(19)21)18-9-7-17(8-10-18)6-5-13-4-3-11-22-13/h3-4,11,14H,2,5-10,12H2,1H3/t14-/m1/s1. The van der Waals surface area contributed by atoms with Crippen LogP contribution in [0.3, 0.4) is 0 Å². The molecule has 0 saturated carbocycles. The van der Waals surface area contributed by atoms with Gasteiger partial charge in [-0.1, -0.05) is 6.07 Å². The molecule has 0 spiro atoms. The minimum Gasteiger partial charge on any atom is -0.300 e. The minimum atomic E-state index is -0.216. The Bertz CT molecular complexity index is 524. The largest absolute Gasteiger partial charge is 0.300 e. The zero-order chi connectivity index (χ0) is 15.5. The van der Waals surface area contributed by atoms with E-state index in [2.05, 4.69) is 27.3 Å². The first-order chi connectivity index (χ1) is 10.7. The number of rotatable bonds is 5. The van der Waals surface area contributed by atoms with Crippen molar-refractivity contribution in [2.75, 3.05) is 39.3 Å². The first kappa shape index (κ1) is 15.6. The van der Waals surface area contributed by atoms with Crippen LogP contribution < -0.4 is 0 Å². The summed E-state index contributed by atoms with van der Waals surface area (Å²) in [6.45, 7) is 7.16. The van der Waals surface area contributed by atoms with E-state index in [4.69, 9.17) is 0 Å². The molecule has 0 bridgehead atoms. The van der Waals surface area contributed by atoms with Crippen molar-refractivity contribution in [1.82, 2.24) is 14.7 Å². The number of hydrogen-bond acceptors (Lipinski definition) is 5. The Labute approximate surface area is 135 Å².